The molecule has 7 nitrogen and oxygen atoms in total. The number of hydrogen-bond acceptors (Lipinski definition) is 7. The zero-order valence-corrected chi connectivity index (χ0v) is 17.0. The van der Waals surface area contributed by atoms with E-state index in [1.807, 2.05) is 44.2 Å². The van der Waals surface area contributed by atoms with Gasteiger partial charge in [-0.2, -0.15) is 0 Å². The molecule has 1 heterocycles. The van der Waals surface area contributed by atoms with Crippen LogP contribution >= 0.6 is 11.3 Å². The van der Waals surface area contributed by atoms with Crippen LogP contribution in [0, 0.1) is 5.92 Å². The van der Waals surface area contributed by atoms with Gasteiger partial charge < -0.3 is 14.8 Å². The molecule has 0 unspecified atom stereocenters. The van der Waals surface area contributed by atoms with E-state index >= 15 is 0 Å². The zero-order valence-electron chi connectivity index (χ0n) is 16.1. The van der Waals surface area contributed by atoms with Gasteiger partial charge in [-0.05, 0) is 18.4 Å². The fourth-order valence-corrected chi connectivity index (χ4v) is 3.10. The van der Waals surface area contributed by atoms with Crippen LogP contribution in [0.5, 0.6) is 0 Å². The number of esters is 1. The highest BCUT2D eigenvalue weighted by Crippen LogP contribution is 2.16. The van der Waals surface area contributed by atoms with Gasteiger partial charge in [-0.15, -0.1) is 11.3 Å². The summed E-state index contributed by atoms with van der Waals surface area (Å²) in [5.41, 5.74) is 0.996. The van der Waals surface area contributed by atoms with Crippen molar-refractivity contribution in [3.8, 4) is 0 Å². The standard InChI is InChI=1S/C20H24N2O5S/c1-4-26-19(24)16-12-28-18(21-16)17(23)10-15(13(2)3)22-20(25)27-11-14-8-6-5-7-9-14/h5-9,12-13,15H,4,10-11H2,1-3H3,(H,22,25)/t15-/m1/s1. The molecule has 150 valence electrons. The minimum absolute atomic E-state index is 0.0118. The number of alkyl carbamates (subject to hydrolysis) is 1. The number of Topliss-reactive ketones (excluding diaryl/α,β-unsaturated/α-hetero) is 1. The third-order valence-corrected chi connectivity index (χ3v) is 4.84. The summed E-state index contributed by atoms with van der Waals surface area (Å²) >= 11 is 1.09. The highest BCUT2D eigenvalue weighted by molar-refractivity contribution is 7.11. The van der Waals surface area contributed by atoms with Crippen LogP contribution in [0.3, 0.4) is 0 Å². The molecular weight excluding hydrogens is 380 g/mol. The molecule has 1 amide bonds. The summed E-state index contributed by atoms with van der Waals surface area (Å²) in [4.78, 5) is 40.3. The Labute approximate surface area is 168 Å². The molecule has 0 radical (unpaired) electrons. The third-order valence-electron chi connectivity index (χ3n) is 3.95. The Kier molecular flexibility index (Phi) is 8.13. The summed E-state index contributed by atoms with van der Waals surface area (Å²) in [5, 5.41) is 4.45. The monoisotopic (exact) mass is 404 g/mol. The molecule has 0 aliphatic heterocycles. The normalized spacial score (nSPS) is 11.7. The number of nitrogens with zero attached hydrogens (tertiary/aromatic N) is 1. The van der Waals surface area contributed by atoms with Gasteiger partial charge in [0.2, 0.25) is 0 Å². The van der Waals surface area contributed by atoms with E-state index in [9.17, 15) is 14.4 Å². The predicted molar refractivity (Wildman–Crippen MR) is 105 cm³/mol. The van der Waals surface area contributed by atoms with E-state index in [1.165, 1.54) is 5.38 Å². The van der Waals surface area contributed by atoms with Crippen molar-refractivity contribution in [1.29, 1.82) is 0 Å². The van der Waals surface area contributed by atoms with E-state index in [2.05, 4.69) is 10.3 Å². The number of rotatable bonds is 9. The van der Waals surface area contributed by atoms with Gasteiger partial charge in [-0.1, -0.05) is 44.2 Å². The van der Waals surface area contributed by atoms with E-state index < -0.39 is 18.1 Å². The van der Waals surface area contributed by atoms with Gasteiger partial charge in [-0.25, -0.2) is 14.6 Å². The molecule has 1 atom stereocenters. The molecule has 2 rings (SSSR count). The van der Waals surface area contributed by atoms with Crippen molar-refractivity contribution in [2.75, 3.05) is 6.61 Å². The number of nitrogens with one attached hydrogen (secondary N) is 1. The number of amides is 1. The lowest BCUT2D eigenvalue weighted by molar-refractivity contribution is 0.0520. The first-order valence-electron chi connectivity index (χ1n) is 9.03. The molecule has 1 aromatic heterocycles. The van der Waals surface area contributed by atoms with Crippen LogP contribution < -0.4 is 5.32 Å². The quantitative estimate of drug-likeness (QED) is 0.504. The Hall–Kier alpha value is -2.74. The number of carbonyl (C=O) groups excluding carboxylic acids is 3. The highest BCUT2D eigenvalue weighted by Gasteiger charge is 2.24. The van der Waals surface area contributed by atoms with Crippen LogP contribution in [0.4, 0.5) is 4.79 Å². The number of hydrogen-bond donors (Lipinski definition) is 1. The van der Waals surface area contributed by atoms with E-state index in [4.69, 9.17) is 9.47 Å². The first kappa shape index (κ1) is 21.6. The fourth-order valence-electron chi connectivity index (χ4n) is 2.36. The number of ether oxygens (including phenoxy) is 2. The number of carbonyl (C=O) groups is 3. The molecule has 28 heavy (non-hydrogen) atoms. The van der Waals surface area contributed by atoms with Crippen LogP contribution in [-0.4, -0.2) is 35.5 Å². The fraction of sp³-hybridized carbons (Fsp3) is 0.400. The van der Waals surface area contributed by atoms with Gasteiger partial charge in [0.05, 0.1) is 6.61 Å². The van der Waals surface area contributed by atoms with Crippen molar-refractivity contribution in [3.63, 3.8) is 0 Å². The molecule has 0 bridgehead atoms. The lowest BCUT2D eigenvalue weighted by atomic mass is 9.99. The second kappa shape index (κ2) is 10.6. The van der Waals surface area contributed by atoms with Crippen molar-refractivity contribution in [2.24, 2.45) is 5.92 Å². The van der Waals surface area contributed by atoms with Gasteiger partial charge in [-0.3, -0.25) is 4.79 Å². The Morgan fingerprint density at radius 1 is 1.14 bits per heavy atom. The largest absolute Gasteiger partial charge is 0.461 e. The molecule has 0 fully saturated rings. The molecule has 0 spiro atoms. The summed E-state index contributed by atoms with van der Waals surface area (Å²) < 4.78 is 10.1. The molecule has 0 saturated carbocycles. The summed E-state index contributed by atoms with van der Waals surface area (Å²) in [6.07, 6.45) is -0.518. The summed E-state index contributed by atoms with van der Waals surface area (Å²) in [5.74, 6) is -0.791. The van der Waals surface area contributed by atoms with Gasteiger partial charge >= 0.3 is 12.1 Å². The molecule has 1 N–H and O–H groups in total. The Bertz CT molecular complexity index is 804. The number of aromatic nitrogens is 1. The average Bonchev–Trinajstić information content (AvgIpc) is 3.17. The minimum Gasteiger partial charge on any atom is -0.461 e. The smallest absolute Gasteiger partial charge is 0.407 e. The van der Waals surface area contributed by atoms with Crippen LogP contribution in [-0.2, 0) is 16.1 Å². The van der Waals surface area contributed by atoms with E-state index in [0.717, 1.165) is 16.9 Å². The van der Waals surface area contributed by atoms with Crippen molar-refractivity contribution in [2.45, 2.75) is 39.8 Å². The molecule has 0 aliphatic carbocycles. The van der Waals surface area contributed by atoms with Gasteiger partial charge in [0.15, 0.2) is 16.5 Å². The average molecular weight is 404 g/mol. The SMILES string of the molecule is CCOC(=O)c1csc(C(=O)C[C@@H](NC(=O)OCc2ccccc2)C(C)C)n1. The van der Waals surface area contributed by atoms with E-state index in [0.29, 0.717) is 0 Å². The lowest BCUT2D eigenvalue weighted by Gasteiger charge is -2.21. The van der Waals surface area contributed by atoms with Gasteiger partial charge in [0.25, 0.3) is 0 Å². The van der Waals surface area contributed by atoms with Crippen molar-refractivity contribution in [1.82, 2.24) is 10.3 Å². The topological polar surface area (TPSA) is 94.6 Å². The van der Waals surface area contributed by atoms with Crippen molar-refractivity contribution in [3.05, 3.63) is 52.0 Å². The highest BCUT2D eigenvalue weighted by atomic mass is 32.1. The second-order valence-electron chi connectivity index (χ2n) is 6.44. The van der Waals surface area contributed by atoms with Crippen molar-refractivity contribution >= 4 is 29.2 Å². The summed E-state index contributed by atoms with van der Waals surface area (Å²) in [7, 11) is 0. The third kappa shape index (κ3) is 6.45. The van der Waals surface area contributed by atoms with Crippen LogP contribution in [0.2, 0.25) is 0 Å². The number of ketones is 1. The Balaban J connectivity index is 1.91. The maximum absolute atomic E-state index is 12.5. The number of benzene rings is 1. The first-order valence-corrected chi connectivity index (χ1v) is 9.91. The summed E-state index contributed by atoms with van der Waals surface area (Å²) in [6, 6.07) is 8.93. The summed E-state index contributed by atoms with van der Waals surface area (Å²) in [6.45, 7) is 5.90. The number of thiazole rings is 1. The first-order chi connectivity index (χ1) is 13.4. The molecule has 0 saturated heterocycles. The molecule has 1 aromatic carbocycles. The maximum atomic E-state index is 12.5. The lowest BCUT2D eigenvalue weighted by Crippen LogP contribution is -2.40. The van der Waals surface area contributed by atoms with Gasteiger partial charge in [0, 0.05) is 17.8 Å². The molecular formula is C20H24N2O5S. The maximum Gasteiger partial charge on any atom is 0.407 e. The van der Waals surface area contributed by atoms with Crippen molar-refractivity contribution < 1.29 is 23.9 Å². The van der Waals surface area contributed by atoms with Crippen LogP contribution in [0.1, 0.15) is 53.0 Å². The Morgan fingerprint density at radius 3 is 2.50 bits per heavy atom. The molecule has 8 heteroatoms. The molecule has 2 aromatic rings. The van der Waals surface area contributed by atoms with E-state index in [-0.39, 0.29) is 42.0 Å². The van der Waals surface area contributed by atoms with E-state index in [1.54, 1.807) is 6.92 Å². The Morgan fingerprint density at radius 2 is 1.86 bits per heavy atom. The second-order valence-corrected chi connectivity index (χ2v) is 7.30. The minimum atomic E-state index is -0.582. The van der Waals surface area contributed by atoms with Crippen LogP contribution in [0.15, 0.2) is 35.7 Å². The zero-order chi connectivity index (χ0) is 20.5. The van der Waals surface area contributed by atoms with Gasteiger partial charge in [0.1, 0.15) is 6.61 Å². The molecule has 0 aliphatic rings. The predicted octanol–water partition coefficient (Wildman–Crippen LogP) is 3.84. The van der Waals surface area contributed by atoms with Crippen LogP contribution in [0.25, 0.3) is 0 Å².